The average Bonchev–Trinajstić information content (AvgIpc) is 2.34. The third kappa shape index (κ3) is 11.4. The number of aryl methyl sites for hydroxylation is 1. The molecular formula is C16H27F. The minimum Gasteiger partial charge on any atom is -0.207 e. The van der Waals surface area contributed by atoms with E-state index in [0.29, 0.717) is 0 Å². The van der Waals surface area contributed by atoms with Gasteiger partial charge in [-0.05, 0) is 19.1 Å². The second-order valence-electron chi connectivity index (χ2n) is 4.56. The van der Waals surface area contributed by atoms with Crippen LogP contribution in [0, 0.1) is 12.7 Å². The summed E-state index contributed by atoms with van der Waals surface area (Å²) in [6, 6.07) is 6.40. The molecule has 0 saturated carbocycles. The number of unbranched alkanes of at least 4 members (excludes halogenated alkanes) is 6. The van der Waals surface area contributed by atoms with E-state index in [-0.39, 0.29) is 5.82 Å². The molecule has 0 aliphatic heterocycles. The van der Waals surface area contributed by atoms with Gasteiger partial charge in [0.05, 0.1) is 0 Å². The molecule has 0 aliphatic rings. The third-order valence-electron chi connectivity index (χ3n) is 2.72. The third-order valence-corrected chi connectivity index (χ3v) is 2.72. The molecule has 98 valence electrons. The van der Waals surface area contributed by atoms with Crippen LogP contribution in [0.1, 0.15) is 64.4 Å². The number of hydrogen-bond donors (Lipinski definition) is 0. The van der Waals surface area contributed by atoms with Crippen LogP contribution in [0.5, 0.6) is 0 Å². The van der Waals surface area contributed by atoms with Crippen molar-refractivity contribution in [3.05, 3.63) is 35.6 Å². The first kappa shape index (κ1) is 16.1. The van der Waals surface area contributed by atoms with Gasteiger partial charge >= 0.3 is 0 Å². The summed E-state index contributed by atoms with van der Waals surface area (Å²) in [7, 11) is 0. The molecule has 0 heterocycles. The monoisotopic (exact) mass is 238 g/mol. The van der Waals surface area contributed by atoms with Crippen LogP contribution in [-0.4, -0.2) is 0 Å². The normalized spacial score (nSPS) is 9.65. The van der Waals surface area contributed by atoms with E-state index >= 15 is 0 Å². The molecule has 0 amide bonds. The van der Waals surface area contributed by atoms with Gasteiger partial charge in [0, 0.05) is 0 Å². The molecule has 0 aliphatic carbocycles. The van der Waals surface area contributed by atoms with Crippen LogP contribution >= 0.6 is 0 Å². The summed E-state index contributed by atoms with van der Waals surface area (Å²) < 4.78 is 12.1. The maximum atomic E-state index is 12.1. The summed E-state index contributed by atoms with van der Waals surface area (Å²) in [5.74, 6) is -0.171. The second kappa shape index (κ2) is 11.6. The summed E-state index contributed by atoms with van der Waals surface area (Å²) in [4.78, 5) is 0. The highest BCUT2D eigenvalue weighted by molar-refractivity contribution is 5.13. The molecule has 0 saturated heterocycles. The Labute approximate surface area is 106 Å². The van der Waals surface area contributed by atoms with E-state index in [2.05, 4.69) is 13.8 Å². The maximum absolute atomic E-state index is 12.1. The fourth-order valence-electron chi connectivity index (χ4n) is 1.56. The first-order chi connectivity index (χ1) is 8.20. The number of hydrogen-bond acceptors (Lipinski definition) is 0. The maximum Gasteiger partial charge on any atom is 0.123 e. The Hall–Kier alpha value is -0.850. The molecule has 0 unspecified atom stereocenters. The molecular weight excluding hydrogens is 211 g/mol. The largest absolute Gasteiger partial charge is 0.207 e. The predicted molar refractivity (Wildman–Crippen MR) is 74.8 cm³/mol. The van der Waals surface area contributed by atoms with Crippen LogP contribution in [0.4, 0.5) is 4.39 Å². The lowest BCUT2D eigenvalue weighted by molar-refractivity contribution is 0.602. The first-order valence-corrected chi connectivity index (χ1v) is 6.92. The van der Waals surface area contributed by atoms with Crippen LogP contribution < -0.4 is 0 Å². The lowest BCUT2D eigenvalue weighted by Gasteiger charge is -1.96. The van der Waals surface area contributed by atoms with E-state index in [1.807, 2.05) is 6.92 Å². The molecule has 1 heteroatoms. The second-order valence-corrected chi connectivity index (χ2v) is 4.56. The Balaban J connectivity index is 0.000000302. The first-order valence-electron chi connectivity index (χ1n) is 6.92. The molecule has 0 N–H and O–H groups in total. The molecule has 0 nitrogen and oxygen atoms in total. The molecule has 17 heavy (non-hydrogen) atoms. The Morgan fingerprint density at radius 2 is 1.18 bits per heavy atom. The van der Waals surface area contributed by atoms with Gasteiger partial charge in [-0.2, -0.15) is 0 Å². The van der Waals surface area contributed by atoms with E-state index in [1.54, 1.807) is 12.1 Å². The van der Waals surface area contributed by atoms with E-state index in [9.17, 15) is 4.39 Å². The SMILES string of the molecule is CCCCCCCCC.Cc1ccc(F)cc1. The summed E-state index contributed by atoms with van der Waals surface area (Å²) >= 11 is 0. The van der Waals surface area contributed by atoms with Crippen LogP contribution in [-0.2, 0) is 0 Å². The van der Waals surface area contributed by atoms with Crippen LogP contribution in [0.2, 0.25) is 0 Å². The lowest BCUT2D eigenvalue weighted by Crippen LogP contribution is -1.76. The fraction of sp³-hybridized carbons (Fsp3) is 0.625. The van der Waals surface area contributed by atoms with E-state index in [4.69, 9.17) is 0 Å². The van der Waals surface area contributed by atoms with Gasteiger partial charge in [-0.25, -0.2) is 4.39 Å². The van der Waals surface area contributed by atoms with Crippen molar-refractivity contribution >= 4 is 0 Å². The van der Waals surface area contributed by atoms with E-state index in [0.717, 1.165) is 5.56 Å². The Morgan fingerprint density at radius 1 is 0.765 bits per heavy atom. The smallest absolute Gasteiger partial charge is 0.123 e. The number of halogens is 1. The molecule has 0 radical (unpaired) electrons. The highest BCUT2D eigenvalue weighted by atomic mass is 19.1. The molecule has 0 spiro atoms. The minimum absolute atomic E-state index is 0.171. The van der Waals surface area contributed by atoms with Gasteiger partial charge < -0.3 is 0 Å². The van der Waals surface area contributed by atoms with Crippen molar-refractivity contribution < 1.29 is 4.39 Å². The van der Waals surface area contributed by atoms with Gasteiger partial charge in [0.15, 0.2) is 0 Å². The zero-order chi connectivity index (χ0) is 12.9. The van der Waals surface area contributed by atoms with Crippen LogP contribution in [0.15, 0.2) is 24.3 Å². The van der Waals surface area contributed by atoms with Gasteiger partial charge in [-0.15, -0.1) is 0 Å². The lowest BCUT2D eigenvalue weighted by atomic mass is 10.1. The summed E-state index contributed by atoms with van der Waals surface area (Å²) in [6.45, 7) is 6.46. The molecule has 1 aromatic rings. The molecule has 0 atom stereocenters. The minimum atomic E-state index is -0.171. The van der Waals surface area contributed by atoms with Crippen molar-refractivity contribution in [2.24, 2.45) is 0 Å². The molecule has 0 fully saturated rings. The van der Waals surface area contributed by atoms with Crippen molar-refractivity contribution in [2.45, 2.75) is 65.7 Å². The van der Waals surface area contributed by atoms with Crippen molar-refractivity contribution in [1.29, 1.82) is 0 Å². The zero-order valence-corrected chi connectivity index (χ0v) is 11.6. The Bertz CT molecular complexity index is 224. The Morgan fingerprint density at radius 3 is 1.53 bits per heavy atom. The van der Waals surface area contributed by atoms with Crippen molar-refractivity contribution in [3.8, 4) is 0 Å². The summed E-state index contributed by atoms with van der Waals surface area (Å²) in [6.07, 6.45) is 9.97. The van der Waals surface area contributed by atoms with Gasteiger partial charge in [-0.3, -0.25) is 0 Å². The Kier molecular flexibility index (Phi) is 11.0. The van der Waals surface area contributed by atoms with Crippen molar-refractivity contribution in [2.75, 3.05) is 0 Å². The predicted octanol–water partition coefficient (Wildman–Crippen LogP) is 5.89. The van der Waals surface area contributed by atoms with Crippen LogP contribution in [0.3, 0.4) is 0 Å². The van der Waals surface area contributed by atoms with Gasteiger partial charge in [-0.1, -0.05) is 76.5 Å². The fourth-order valence-corrected chi connectivity index (χ4v) is 1.56. The topological polar surface area (TPSA) is 0 Å². The zero-order valence-electron chi connectivity index (χ0n) is 11.6. The number of rotatable bonds is 6. The summed E-state index contributed by atoms with van der Waals surface area (Å²) in [5, 5.41) is 0. The molecule has 0 bridgehead atoms. The van der Waals surface area contributed by atoms with Crippen molar-refractivity contribution in [1.82, 2.24) is 0 Å². The number of benzene rings is 1. The highest BCUT2D eigenvalue weighted by Crippen LogP contribution is 2.05. The van der Waals surface area contributed by atoms with E-state index < -0.39 is 0 Å². The van der Waals surface area contributed by atoms with Gasteiger partial charge in [0.2, 0.25) is 0 Å². The van der Waals surface area contributed by atoms with Gasteiger partial charge in [0.1, 0.15) is 5.82 Å². The molecule has 1 rings (SSSR count). The molecule has 1 aromatic carbocycles. The van der Waals surface area contributed by atoms with E-state index in [1.165, 1.54) is 57.1 Å². The van der Waals surface area contributed by atoms with Crippen molar-refractivity contribution in [3.63, 3.8) is 0 Å². The summed E-state index contributed by atoms with van der Waals surface area (Å²) in [5.41, 5.74) is 1.09. The standard InChI is InChI=1S/C9H20.C7H7F/c1-3-5-7-9-8-6-4-2;1-6-2-4-7(8)5-3-6/h3-9H2,1-2H3;2-5H,1H3. The van der Waals surface area contributed by atoms with Crippen LogP contribution in [0.25, 0.3) is 0 Å². The quantitative estimate of drug-likeness (QED) is 0.542. The average molecular weight is 238 g/mol. The molecule has 0 aromatic heterocycles. The highest BCUT2D eigenvalue weighted by Gasteiger charge is 1.86. The van der Waals surface area contributed by atoms with Gasteiger partial charge in [0.25, 0.3) is 0 Å².